The van der Waals surface area contributed by atoms with E-state index in [1.54, 1.807) is 7.11 Å². The van der Waals surface area contributed by atoms with Crippen molar-refractivity contribution in [1.29, 1.82) is 0 Å². The minimum atomic E-state index is 0.109. The summed E-state index contributed by atoms with van der Waals surface area (Å²) in [5.41, 5.74) is 2.14. The van der Waals surface area contributed by atoms with Crippen LogP contribution in [-0.4, -0.2) is 45.1 Å². The third-order valence-corrected chi connectivity index (χ3v) is 3.45. The number of aliphatic hydroxyl groups excluding tert-OH is 1. The second kappa shape index (κ2) is 10.00. The average Bonchev–Trinajstić information content (AvgIpc) is 2.45. The number of rotatable bonds is 10. The molecular weight excluding hydrogens is 276 g/mol. The molecule has 5 heteroatoms. The van der Waals surface area contributed by atoms with Gasteiger partial charge in [0, 0.05) is 43.0 Å². The zero-order valence-electron chi connectivity index (χ0n) is 12.4. The SMILES string of the molecule is CCCNCc1c(Cl)cccc1N(CCO)CCOC. The Labute approximate surface area is 126 Å². The number of nitrogens with one attached hydrogen (secondary N) is 1. The normalized spacial score (nSPS) is 10.8. The largest absolute Gasteiger partial charge is 0.395 e. The lowest BCUT2D eigenvalue weighted by Crippen LogP contribution is -2.31. The molecule has 114 valence electrons. The first-order valence-corrected chi connectivity index (χ1v) is 7.45. The van der Waals surface area contributed by atoms with Crippen LogP contribution in [0.3, 0.4) is 0 Å². The molecule has 0 aliphatic heterocycles. The van der Waals surface area contributed by atoms with Gasteiger partial charge in [0.25, 0.3) is 0 Å². The lowest BCUT2D eigenvalue weighted by molar-refractivity contribution is 0.203. The lowest BCUT2D eigenvalue weighted by Gasteiger charge is -2.27. The van der Waals surface area contributed by atoms with Crippen molar-refractivity contribution in [3.63, 3.8) is 0 Å². The van der Waals surface area contributed by atoms with E-state index in [0.717, 1.165) is 42.3 Å². The molecule has 0 unspecified atom stereocenters. The van der Waals surface area contributed by atoms with Crippen molar-refractivity contribution in [3.8, 4) is 0 Å². The summed E-state index contributed by atoms with van der Waals surface area (Å²) in [4.78, 5) is 2.11. The van der Waals surface area contributed by atoms with Crippen molar-refractivity contribution in [2.75, 3.05) is 44.9 Å². The summed E-state index contributed by atoms with van der Waals surface area (Å²) >= 11 is 6.33. The molecule has 0 atom stereocenters. The molecule has 0 saturated carbocycles. The van der Waals surface area contributed by atoms with E-state index in [9.17, 15) is 5.11 Å². The van der Waals surface area contributed by atoms with Gasteiger partial charge in [0.2, 0.25) is 0 Å². The van der Waals surface area contributed by atoms with Crippen LogP contribution in [0.5, 0.6) is 0 Å². The zero-order chi connectivity index (χ0) is 14.8. The fraction of sp³-hybridized carbons (Fsp3) is 0.600. The number of aliphatic hydroxyl groups is 1. The number of hydrogen-bond donors (Lipinski definition) is 2. The first-order valence-electron chi connectivity index (χ1n) is 7.07. The zero-order valence-corrected chi connectivity index (χ0v) is 13.1. The summed E-state index contributed by atoms with van der Waals surface area (Å²) in [6.45, 7) is 5.87. The van der Waals surface area contributed by atoms with Gasteiger partial charge in [0.15, 0.2) is 0 Å². The molecule has 0 spiro atoms. The highest BCUT2D eigenvalue weighted by atomic mass is 35.5. The van der Waals surface area contributed by atoms with Crippen LogP contribution in [0.15, 0.2) is 18.2 Å². The van der Waals surface area contributed by atoms with Gasteiger partial charge in [0.1, 0.15) is 0 Å². The minimum Gasteiger partial charge on any atom is -0.395 e. The van der Waals surface area contributed by atoms with E-state index in [4.69, 9.17) is 16.3 Å². The molecule has 1 aromatic rings. The highest BCUT2D eigenvalue weighted by Crippen LogP contribution is 2.27. The number of hydrogen-bond acceptors (Lipinski definition) is 4. The molecule has 0 radical (unpaired) electrons. The minimum absolute atomic E-state index is 0.109. The van der Waals surface area contributed by atoms with Gasteiger partial charge in [-0.25, -0.2) is 0 Å². The topological polar surface area (TPSA) is 44.7 Å². The number of ether oxygens (including phenoxy) is 1. The Balaban J connectivity index is 2.90. The number of methoxy groups -OCH3 is 1. The van der Waals surface area contributed by atoms with Crippen LogP contribution >= 0.6 is 11.6 Å². The maximum absolute atomic E-state index is 9.24. The van der Waals surface area contributed by atoms with Crippen LogP contribution in [0.1, 0.15) is 18.9 Å². The molecule has 20 heavy (non-hydrogen) atoms. The van der Waals surface area contributed by atoms with E-state index < -0.39 is 0 Å². The van der Waals surface area contributed by atoms with Crippen LogP contribution in [0.2, 0.25) is 5.02 Å². The molecule has 0 heterocycles. The maximum Gasteiger partial charge on any atom is 0.0637 e. The summed E-state index contributed by atoms with van der Waals surface area (Å²) in [7, 11) is 1.68. The lowest BCUT2D eigenvalue weighted by atomic mass is 10.1. The van der Waals surface area contributed by atoms with Gasteiger partial charge >= 0.3 is 0 Å². The highest BCUT2D eigenvalue weighted by Gasteiger charge is 2.13. The second-order valence-electron chi connectivity index (χ2n) is 4.62. The highest BCUT2D eigenvalue weighted by molar-refractivity contribution is 6.31. The third-order valence-electron chi connectivity index (χ3n) is 3.10. The second-order valence-corrected chi connectivity index (χ2v) is 5.02. The van der Waals surface area contributed by atoms with Crippen molar-refractivity contribution in [3.05, 3.63) is 28.8 Å². The predicted octanol–water partition coefficient (Wildman–Crippen LogP) is 2.28. The van der Waals surface area contributed by atoms with Gasteiger partial charge in [0.05, 0.1) is 13.2 Å². The molecule has 0 aliphatic rings. The van der Waals surface area contributed by atoms with E-state index in [2.05, 4.69) is 17.1 Å². The van der Waals surface area contributed by atoms with Crippen molar-refractivity contribution in [1.82, 2.24) is 5.32 Å². The molecule has 0 amide bonds. The number of anilines is 1. The maximum atomic E-state index is 9.24. The first kappa shape index (κ1) is 17.2. The molecule has 0 bridgehead atoms. The Bertz CT molecular complexity index is 388. The number of benzene rings is 1. The Morgan fingerprint density at radius 2 is 2.15 bits per heavy atom. The number of halogens is 1. The average molecular weight is 301 g/mol. The van der Waals surface area contributed by atoms with Crippen LogP contribution in [0.4, 0.5) is 5.69 Å². The van der Waals surface area contributed by atoms with E-state index in [-0.39, 0.29) is 6.61 Å². The smallest absolute Gasteiger partial charge is 0.0637 e. The summed E-state index contributed by atoms with van der Waals surface area (Å²) in [6, 6.07) is 5.89. The van der Waals surface area contributed by atoms with E-state index in [1.807, 2.05) is 18.2 Å². The number of nitrogens with zero attached hydrogens (tertiary/aromatic N) is 1. The summed E-state index contributed by atoms with van der Waals surface area (Å²) in [5, 5.41) is 13.4. The first-order chi connectivity index (χ1) is 9.74. The summed E-state index contributed by atoms with van der Waals surface area (Å²) in [5.74, 6) is 0. The quantitative estimate of drug-likeness (QED) is 0.651. The van der Waals surface area contributed by atoms with Crippen molar-refractivity contribution >= 4 is 17.3 Å². The standard InChI is InChI=1S/C15H25ClN2O2/c1-3-7-17-12-13-14(16)5-4-6-15(13)18(8-10-19)9-11-20-2/h4-6,17,19H,3,7-12H2,1-2H3. The molecule has 0 saturated heterocycles. The van der Waals surface area contributed by atoms with Crippen LogP contribution in [0, 0.1) is 0 Å². The van der Waals surface area contributed by atoms with Crippen molar-refractivity contribution in [2.45, 2.75) is 19.9 Å². The third kappa shape index (κ3) is 5.29. The van der Waals surface area contributed by atoms with Gasteiger partial charge in [-0.05, 0) is 25.1 Å². The molecule has 4 nitrogen and oxygen atoms in total. The Kier molecular flexibility index (Phi) is 8.62. The van der Waals surface area contributed by atoms with Crippen molar-refractivity contribution in [2.24, 2.45) is 0 Å². The van der Waals surface area contributed by atoms with Gasteiger partial charge in [-0.1, -0.05) is 24.6 Å². The molecule has 0 fully saturated rings. The summed E-state index contributed by atoms with van der Waals surface area (Å²) in [6.07, 6.45) is 1.09. The molecule has 1 aromatic carbocycles. The van der Waals surface area contributed by atoms with Crippen molar-refractivity contribution < 1.29 is 9.84 Å². The van der Waals surface area contributed by atoms with E-state index in [0.29, 0.717) is 13.2 Å². The fourth-order valence-electron chi connectivity index (χ4n) is 2.08. The molecule has 1 rings (SSSR count). The van der Waals surface area contributed by atoms with Gasteiger partial charge in [-0.2, -0.15) is 0 Å². The van der Waals surface area contributed by atoms with Gasteiger partial charge in [-0.15, -0.1) is 0 Å². The fourth-order valence-corrected chi connectivity index (χ4v) is 2.32. The Morgan fingerprint density at radius 1 is 1.35 bits per heavy atom. The Morgan fingerprint density at radius 3 is 2.80 bits per heavy atom. The monoisotopic (exact) mass is 300 g/mol. The molecule has 0 aliphatic carbocycles. The van der Waals surface area contributed by atoms with Crippen LogP contribution in [-0.2, 0) is 11.3 Å². The summed E-state index contributed by atoms with van der Waals surface area (Å²) < 4.78 is 5.14. The van der Waals surface area contributed by atoms with Gasteiger partial charge < -0.3 is 20.1 Å². The Hall–Kier alpha value is -0.810. The molecular formula is C15H25ClN2O2. The van der Waals surface area contributed by atoms with E-state index in [1.165, 1.54) is 0 Å². The van der Waals surface area contributed by atoms with E-state index >= 15 is 0 Å². The van der Waals surface area contributed by atoms with Crippen LogP contribution in [0.25, 0.3) is 0 Å². The molecule has 2 N–H and O–H groups in total. The predicted molar refractivity (Wildman–Crippen MR) is 84.6 cm³/mol. The van der Waals surface area contributed by atoms with Gasteiger partial charge in [-0.3, -0.25) is 0 Å². The van der Waals surface area contributed by atoms with Crippen LogP contribution < -0.4 is 10.2 Å². The molecule has 0 aromatic heterocycles.